The summed E-state index contributed by atoms with van der Waals surface area (Å²) in [5.41, 5.74) is 0.347. The van der Waals surface area contributed by atoms with Crippen molar-refractivity contribution in [3.63, 3.8) is 0 Å². The van der Waals surface area contributed by atoms with Crippen LogP contribution in [0.15, 0.2) is 34.8 Å². The highest BCUT2D eigenvalue weighted by Gasteiger charge is 2.18. The molecule has 0 heterocycles. The first-order chi connectivity index (χ1) is 9.88. The maximum absolute atomic E-state index is 13.0. The fourth-order valence-corrected chi connectivity index (χ4v) is 2.35. The van der Waals surface area contributed by atoms with Crippen molar-refractivity contribution in [2.24, 2.45) is 0 Å². The van der Waals surface area contributed by atoms with E-state index < -0.39 is 10.7 Å². The minimum atomic E-state index is -0.614. The van der Waals surface area contributed by atoms with Gasteiger partial charge in [-0.3, -0.25) is 10.1 Å². The molecule has 0 bridgehead atoms. The summed E-state index contributed by atoms with van der Waals surface area (Å²) >= 11 is 14.8. The molecule has 8 heteroatoms. The lowest BCUT2D eigenvalue weighted by molar-refractivity contribution is -0.385. The number of rotatable bonds is 4. The summed E-state index contributed by atoms with van der Waals surface area (Å²) in [6.45, 7) is 0.0136. The summed E-state index contributed by atoms with van der Waals surface area (Å²) in [5, 5.41) is 11.2. The first-order valence-corrected chi connectivity index (χ1v) is 7.13. The lowest BCUT2D eigenvalue weighted by atomic mass is 10.2. The van der Waals surface area contributed by atoms with E-state index in [1.54, 1.807) is 0 Å². The predicted octanol–water partition coefficient (Wildman–Crippen LogP) is 5.38. The van der Waals surface area contributed by atoms with Crippen LogP contribution in [0.25, 0.3) is 0 Å². The largest absolute Gasteiger partial charge is 0.482 e. The topological polar surface area (TPSA) is 52.4 Å². The third-order valence-corrected chi connectivity index (χ3v) is 4.06. The molecule has 2 aromatic carbocycles. The smallest absolute Gasteiger partial charge is 0.312 e. The van der Waals surface area contributed by atoms with Gasteiger partial charge in [-0.15, -0.1) is 0 Å². The number of benzene rings is 2. The number of hydrogen-bond acceptors (Lipinski definition) is 3. The van der Waals surface area contributed by atoms with Gasteiger partial charge in [0.05, 0.1) is 15.0 Å². The van der Waals surface area contributed by atoms with Gasteiger partial charge in [0, 0.05) is 22.2 Å². The van der Waals surface area contributed by atoms with Crippen LogP contribution >= 0.6 is 39.1 Å². The van der Waals surface area contributed by atoms with E-state index in [-0.39, 0.29) is 28.1 Å². The number of hydrogen-bond donors (Lipinski definition) is 0. The SMILES string of the molecule is O=[N+]([O-])c1cc(Cl)c(Cl)cc1OCc1ccc(F)cc1Br. The second-order valence-electron chi connectivity index (χ2n) is 4.02. The van der Waals surface area contributed by atoms with Crippen LogP contribution in [-0.2, 0) is 6.61 Å². The van der Waals surface area contributed by atoms with E-state index in [2.05, 4.69) is 15.9 Å². The van der Waals surface area contributed by atoms with E-state index in [0.29, 0.717) is 10.0 Å². The Morgan fingerprint density at radius 2 is 1.90 bits per heavy atom. The maximum atomic E-state index is 13.0. The molecular weight excluding hydrogens is 388 g/mol. The summed E-state index contributed by atoms with van der Waals surface area (Å²) < 4.78 is 18.9. The van der Waals surface area contributed by atoms with Crippen molar-refractivity contribution in [1.82, 2.24) is 0 Å². The number of ether oxygens (including phenoxy) is 1. The average Bonchev–Trinajstić information content (AvgIpc) is 2.41. The summed E-state index contributed by atoms with van der Waals surface area (Å²) in [6, 6.07) is 6.47. The quantitative estimate of drug-likeness (QED) is 0.516. The van der Waals surface area contributed by atoms with Crippen molar-refractivity contribution in [3.8, 4) is 5.75 Å². The minimum absolute atomic E-state index is 0.00868. The molecule has 0 fully saturated rings. The summed E-state index contributed by atoms with van der Waals surface area (Å²) in [6.07, 6.45) is 0. The van der Waals surface area contributed by atoms with E-state index in [1.165, 1.54) is 24.3 Å². The molecule has 0 atom stereocenters. The van der Waals surface area contributed by atoms with Crippen molar-refractivity contribution in [2.75, 3.05) is 0 Å². The van der Waals surface area contributed by atoms with Crippen molar-refractivity contribution < 1.29 is 14.1 Å². The Bertz CT molecular complexity index is 712. The zero-order valence-electron chi connectivity index (χ0n) is 10.3. The van der Waals surface area contributed by atoms with Crippen LogP contribution in [0.1, 0.15) is 5.56 Å². The van der Waals surface area contributed by atoms with E-state index >= 15 is 0 Å². The molecule has 0 saturated heterocycles. The van der Waals surface area contributed by atoms with Gasteiger partial charge in [-0.25, -0.2) is 4.39 Å². The Morgan fingerprint density at radius 3 is 2.52 bits per heavy atom. The van der Waals surface area contributed by atoms with Gasteiger partial charge in [0.15, 0.2) is 5.75 Å². The van der Waals surface area contributed by atoms with Crippen LogP contribution in [0, 0.1) is 15.9 Å². The molecule has 0 aromatic heterocycles. The molecule has 0 aliphatic carbocycles. The zero-order chi connectivity index (χ0) is 15.6. The molecule has 2 rings (SSSR count). The summed E-state index contributed by atoms with van der Waals surface area (Å²) in [5.74, 6) is -0.406. The first kappa shape index (κ1) is 16.0. The molecule has 2 aromatic rings. The number of halogens is 4. The Labute approximate surface area is 137 Å². The van der Waals surface area contributed by atoms with Crippen molar-refractivity contribution in [2.45, 2.75) is 6.61 Å². The van der Waals surface area contributed by atoms with E-state index in [1.807, 2.05) is 0 Å². The highest BCUT2D eigenvalue weighted by atomic mass is 79.9. The zero-order valence-corrected chi connectivity index (χ0v) is 13.4. The van der Waals surface area contributed by atoms with E-state index in [0.717, 1.165) is 6.07 Å². The normalized spacial score (nSPS) is 10.5. The van der Waals surface area contributed by atoms with Crippen LogP contribution in [0.3, 0.4) is 0 Å². The minimum Gasteiger partial charge on any atom is -0.482 e. The van der Waals surface area contributed by atoms with Gasteiger partial charge in [0.1, 0.15) is 12.4 Å². The molecule has 4 nitrogen and oxygen atoms in total. The van der Waals surface area contributed by atoms with Crippen molar-refractivity contribution in [3.05, 3.63) is 66.3 Å². The highest BCUT2D eigenvalue weighted by Crippen LogP contribution is 2.36. The van der Waals surface area contributed by atoms with Crippen LogP contribution in [0.4, 0.5) is 10.1 Å². The van der Waals surface area contributed by atoms with Gasteiger partial charge in [-0.2, -0.15) is 0 Å². The van der Waals surface area contributed by atoms with Gasteiger partial charge in [-0.1, -0.05) is 45.2 Å². The lowest BCUT2D eigenvalue weighted by Gasteiger charge is -2.09. The summed E-state index contributed by atoms with van der Waals surface area (Å²) in [7, 11) is 0. The Balaban J connectivity index is 2.27. The van der Waals surface area contributed by atoms with Gasteiger partial charge in [0.25, 0.3) is 0 Å². The molecule has 110 valence electrons. The van der Waals surface area contributed by atoms with Crippen molar-refractivity contribution in [1.29, 1.82) is 0 Å². The Kier molecular flexibility index (Phi) is 5.03. The molecule has 0 aliphatic rings. The number of nitrogens with zero attached hydrogens (tertiary/aromatic N) is 1. The third kappa shape index (κ3) is 3.84. The molecule has 0 N–H and O–H groups in total. The molecule has 0 aliphatic heterocycles. The highest BCUT2D eigenvalue weighted by molar-refractivity contribution is 9.10. The van der Waals surface area contributed by atoms with Gasteiger partial charge < -0.3 is 4.74 Å². The van der Waals surface area contributed by atoms with Crippen LogP contribution in [0.2, 0.25) is 10.0 Å². The average molecular weight is 395 g/mol. The van der Waals surface area contributed by atoms with Crippen molar-refractivity contribution >= 4 is 44.8 Å². The molecule has 0 amide bonds. The fraction of sp³-hybridized carbons (Fsp3) is 0.0769. The first-order valence-electron chi connectivity index (χ1n) is 5.58. The van der Waals surface area contributed by atoms with E-state index in [9.17, 15) is 14.5 Å². The molecule has 0 radical (unpaired) electrons. The van der Waals surface area contributed by atoms with Crippen LogP contribution in [0.5, 0.6) is 5.75 Å². The molecule has 0 spiro atoms. The Hall–Kier alpha value is -1.37. The number of nitro groups is 1. The van der Waals surface area contributed by atoms with Crippen LogP contribution < -0.4 is 4.74 Å². The van der Waals surface area contributed by atoms with Gasteiger partial charge >= 0.3 is 5.69 Å². The lowest BCUT2D eigenvalue weighted by Crippen LogP contribution is -2.00. The maximum Gasteiger partial charge on any atom is 0.312 e. The van der Waals surface area contributed by atoms with Gasteiger partial charge in [-0.05, 0) is 12.1 Å². The third-order valence-electron chi connectivity index (χ3n) is 2.60. The monoisotopic (exact) mass is 393 g/mol. The second-order valence-corrected chi connectivity index (χ2v) is 5.68. The van der Waals surface area contributed by atoms with E-state index in [4.69, 9.17) is 27.9 Å². The second kappa shape index (κ2) is 6.60. The fourth-order valence-electron chi connectivity index (χ4n) is 1.57. The standard InChI is InChI=1S/C13H7BrCl2FNO3/c14-9-3-8(17)2-1-7(9)6-21-13-5-11(16)10(15)4-12(13)18(19)20/h1-5H,6H2. The van der Waals surface area contributed by atoms with Crippen LogP contribution in [-0.4, -0.2) is 4.92 Å². The van der Waals surface area contributed by atoms with Gasteiger partial charge in [0.2, 0.25) is 0 Å². The predicted molar refractivity (Wildman–Crippen MR) is 81.5 cm³/mol. The number of nitro benzene ring substituents is 1. The molecule has 21 heavy (non-hydrogen) atoms. The molecular formula is C13H7BrCl2FNO3. The Morgan fingerprint density at radius 1 is 1.24 bits per heavy atom. The molecule has 0 unspecified atom stereocenters. The summed E-state index contributed by atoms with van der Waals surface area (Å²) in [4.78, 5) is 10.4. The molecule has 0 saturated carbocycles.